The van der Waals surface area contributed by atoms with Gasteiger partial charge in [0.25, 0.3) is 11.5 Å². The number of amides is 1. The van der Waals surface area contributed by atoms with E-state index >= 15 is 0 Å². The molecule has 6 nitrogen and oxygen atoms in total. The van der Waals surface area contributed by atoms with E-state index in [2.05, 4.69) is 22.3 Å². The maximum atomic E-state index is 14.0. The minimum absolute atomic E-state index is 0.00234. The number of hydrogen-bond acceptors (Lipinski definition) is 5. The van der Waals surface area contributed by atoms with Gasteiger partial charge in [-0.25, -0.2) is 9.37 Å². The molecule has 4 rings (SSSR count). The van der Waals surface area contributed by atoms with Crippen molar-refractivity contribution in [3.8, 4) is 5.69 Å². The smallest absolute Gasteiger partial charge is 0.277 e. The van der Waals surface area contributed by atoms with Crippen LogP contribution in [0.15, 0.2) is 41.2 Å². The van der Waals surface area contributed by atoms with Gasteiger partial charge in [0.05, 0.1) is 5.69 Å². The molecule has 2 heterocycles. The molecule has 1 atom stereocenters. The first kappa shape index (κ1) is 18.5. The number of aromatic nitrogens is 3. The fourth-order valence-corrected chi connectivity index (χ4v) is 4.45. The number of hydrogen-bond donors (Lipinski definition) is 1. The zero-order chi connectivity index (χ0) is 19.7. The van der Waals surface area contributed by atoms with Crippen LogP contribution < -0.4 is 10.9 Å². The van der Waals surface area contributed by atoms with Gasteiger partial charge in [-0.05, 0) is 43.4 Å². The average Bonchev–Trinajstić information content (AvgIpc) is 3.10. The first-order chi connectivity index (χ1) is 13.5. The molecule has 1 amide bonds. The first-order valence-corrected chi connectivity index (χ1v) is 10.0. The maximum absolute atomic E-state index is 14.0. The Hall–Kier alpha value is -2.87. The zero-order valence-electron chi connectivity index (χ0n) is 15.3. The molecule has 0 radical (unpaired) electrons. The van der Waals surface area contributed by atoms with Crippen LogP contribution in [-0.4, -0.2) is 20.7 Å². The summed E-state index contributed by atoms with van der Waals surface area (Å²) in [6, 6.07) is 8.32. The molecular formula is C20H19FN4O2S. The second kappa shape index (κ2) is 7.63. The third-order valence-electron chi connectivity index (χ3n) is 4.95. The Morgan fingerprint density at radius 2 is 2.14 bits per heavy atom. The lowest BCUT2D eigenvalue weighted by atomic mass is 9.89. The van der Waals surface area contributed by atoms with Gasteiger partial charge in [-0.15, -0.1) is 11.3 Å². The number of carbonyl (C=O) groups excluding carboxylic acids is 1. The molecule has 0 unspecified atom stereocenters. The van der Waals surface area contributed by atoms with Gasteiger partial charge in [0, 0.05) is 10.9 Å². The topological polar surface area (TPSA) is 76.9 Å². The van der Waals surface area contributed by atoms with Crippen molar-refractivity contribution in [3.63, 3.8) is 0 Å². The minimum Gasteiger partial charge on any atom is -0.296 e. The molecule has 3 aromatic rings. The number of thiazole rings is 1. The quantitative estimate of drug-likeness (QED) is 0.729. The van der Waals surface area contributed by atoms with Crippen molar-refractivity contribution in [2.24, 2.45) is 5.92 Å². The van der Waals surface area contributed by atoms with Crippen LogP contribution in [0.2, 0.25) is 0 Å². The Bertz CT molecular complexity index is 1090. The van der Waals surface area contributed by atoms with Crippen molar-refractivity contribution < 1.29 is 9.18 Å². The highest BCUT2D eigenvalue weighted by Gasteiger charge is 2.22. The van der Waals surface area contributed by atoms with Crippen molar-refractivity contribution in [2.45, 2.75) is 32.6 Å². The summed E-state index contributed by atoms with van der Waals surface area (Å²) in [5.74, 6) is -0.404. The van der Waals surface area contributed by atoms with Gasteiger partial charge in [0.2, 0.25) is 0 Å². The highest BCUT2D eigenvalue weighted by Crippen LogP contribution is 2.33. The summed E-state index contributed by atoms with van der Waals surface area (Å²) in [5, 5.41) is 7.32. The van der Waals surface area contributed by atoms with E-state index in [-0.39, 0.29) is 11.4 Å². The van der Waals surface area contributed by atoms with Gasteiger partial charge in [0.1, 0.15) is 17.2 Å². The van der Waals surface area contributed by atoms with E-state index in [0.29, 0.717) is 11.0 Å². The van der Waals surface area contributed by atoms with Crippen LogP contribution in [0.5, 0.6) is 0 Å². The summed E-state index contributed by atoms with van der Waals surface area (Å²) in [6.07, 6.45) is 4.18. The molecular weight excluding hydrogens is 379 g/mol. The third-order valence-corrected chi connectivity index (χ3v) is 5.99. The molecule has 0 aliphatic heterocycles. The Balaban J connectivity index is 1.58. The first-order valence-electron chi connectivity index (χ1n) is 9.20. The number of halogens is 1. The largest absolute Gasteiger partial charge is 0.296 e. The second-order valence-corrected chi connectivity index (χ2v) is 7.86. The van der Waals surface area contributed by atoms with E-state index in [4.69, 9.17) is 0 Å². The molecule has 0 fully saturated rings. The number of nitrogens with zero attached hydrogens (tertiary/aromatic N) is 3. The Morgan fingerprint density at radius 3 is 2.93 bits per heavy atom. The van der Waals surface area contributed by atoms with Gasteiger partial charge in [-0.1, -0.05) is 25.5 Å². The molecule has 1 N–H and O–H groups in total. The standard InChI is InChI=1S/C20H19FN4O2S/c1-2-12-7-8-14-17(11-12)28-20(22-14)23-19(27)15-9-10-18(26)25(24-15)16-6-4-3-5-13(16)21/h3-6,9-10,12H,2,7-8,11H2,1H3,(H,22,23,27)/t12-/m1/s1. The van der Waals surface area contributed by atoms with Gasteiger partial charge in [-0.3, -0.25) is 14.9 Å². The average molecular weight is 398 g/mol. The Labute approximate surface area is 165 Å². The summed E-state index contributed by atoms with van der Waals surface area (Å²) < 4.78 is 14.9. The van der Waals surface area contributed by atoms with E-state index in [1.54, 1.807) is 6.07 Å². The van der Waals surface area contributed by atoms with E-state index < -0.39 is 17.3 Å². The Morgan fingerprint density at radius 1 is 1.32 bits per heavy atom. The highest BCUT2D eigenvalue weighted by atomic mass is 32.1. The zero-order valence-corrected chi connectivity index (χ0v) is 16.1. The van der Waals surface area contributed by atoms with Gasteiger partial charge in [0.15, 0.2) is 5.13 Å². The summed E-state index contributed by atoms with van der Waals surface area (Å²) >= 11 is 1.48. The van der Waals surface area contributed by atoms with Gasteiger partial charge >= 0.3 is 0 Å². The molecule has 1 aliphatic rings. The van der Waals surface area contributed by atoms with Gasteiger partial charge < -0.3 is 0 Å². The number of aryl methyl sites for hydroxylation is 1. The predicted molar refractivity (Wildman–Crippen MR) is 106 cm³/mol. The molecule has 0 saturated heterocycles. The lowest BCUT2D eigenvalue weighted by molar-refractivity contribution is 0.102. The van der Waals surface area contributed by atoms with Crippen LogP contribution in [0.1, 0.15) is 40.8 Å². The molecule has 0 saturated carbocycles. The Kier molecular flexibility index (Phi) is 5.04. The molecule has 28 heavy (non-hydrogen) atoms. The van der Waals surface area contributed by atoms with Crippen molar-refractivity contribution in [3.05, 3.63) is 68.8 Å². The molecule has 2 aromatic heterocycles. The van der Waals surface area contributed by atoms with Crippen LogP contribution in [0.4, 0.5) is 9.52 Å². The lowest BCUT2D eigenvalue weighted by Gasteiger charge is -2.18. The van der Waals surface area contributed by atoms with E-state index in [0.717, 1.165) is 36.1 Å². The van der Waals surface area contributed by atoms with Crippen molar-refractivity contribution in [2.75, 3.05) is 5.32 Å². The maximum Gasteiger partial charge on any atom is 0.277 e. The molecule has 0 spiro atoms. The van der Waals surface area contributed by atoms with Crippen LogP contribution in [0, 0.1) is 11.7 Å². The van der Waals surface area contributed by atoms with E-state index in [9.17, 15) is 14.0 Å². The van der Waals surface area contributed by atoms with Gasteiger partial charge in [-0.2, -0.15) is 9.78 Å². The summed E-state index contributed by atoms with van der Waals surface area (Å²) in [5.41, 5.74) is 0.547. The van der Waals surface area contributed by atoms with Crippen LogP contribution >= 0.6 is 11.3 Å². The number of carbonyl (C=O) groups is 1. The predicted octanol–water partition coefficient (Wildman–Crippen LogP) is 3.60. The SMILES string of the molecule is CC[C@@H]1CCc2nc(NC(=O)c3ccc(=O)n(-c4ccccc4F)n3)sc2C1. The monoisotopic (exact) mass is 398 g/mol. The van der Waals surface area contributed by atoms with E-state index in [1.165, 1.54) is 46.5 Å². The lowest BCUT2D eigenvalue weighted by Crippen LogP contribution is -2.25. The normalized spacial score (nSPS) is 15.9. The van der Waals surface area contributed by atoms with Crippen molar-refractivity contribution in [1.82, 2.24) is 14.8 Å². The molecule has 8 heteroatoms. The van der Waals surface area contributed by atoms with Crippen molar-refractivity contribution in [1.29, 1.82) is 0 Å². The summed E-state index contributed by atoms with van der Waals surface area (Å²) in [7, 11) is 0. The minimum atomic E-state index is -0.590. The number of para-hydroxylation sites is 1. The molecule has 1 aromatic carbocycles. The van der Waals surface area contributed by atoms with Crippen LogP contribution in [0.25, 0.3) is 5.69 Å². The highest BCUT2D eigenvalue weighted by molar-refractivity contribution is 7.15. The number of nitrogens with one attached hydrogen (secondary N) is 1. The number of fused-ring (bicyclic) bond motifs is 1. The van der Waals surface area contributed by atoms with Crippen molar-refractivity contribution >= 4 is 22.4 Å². The second-order valence-electron chi connectivity index (χ2n) is 6.78. The number of anilines is 1. The molecule has 144 valence electrons. The molecule has 1 aliphatic carbocycles. The fraction of sp³-hybridized carbons (Fsp3) is 0.300. The molecule has 0 bridgehead atoms. The number of rotatable bonds is 4. The van der Waals surface area contributed by atoms with Crippen LogP contribution in [-0.2, 0) is 12.8 Å². The fourth-order valence-electron chi connectivity index (χ4n) is 3.33. The summed E-state index contributed by atoms with van der Waals surface area (Å²) in [6.45, 7) is 2.19. The van der Waals surface area contributed by atoms with Crippen LogP contribution in [0.3, 0.4) is 0 Å². The third kappa shape index (κ3) is 3.60. The summed E-state index contributed by atoms with van der Waals surface area (Å²) in [4.78, 5) is 30.4. The van der Waals surface area contributed by atoms with E-state index in [1.807, 2.05) is 0 Å². The number of benzene rings is 1.